The average Bonchev–Trinajstić information content (AvgIpc) is 2.38. The lowest BCUT2D eigenvalue weighted by atomic mass is 10.2. The van der Waals surface area contributed by atoms with Crippen molar-refractivity contribution in [3.05, 3.63) is 53.3 Å². The van der Waals surface area contributed by atoms with Crippen LogP contribution in [0.1, 0.15) is 16.8 Å². The normalized spacial score (nSPS) is 10.2. The third kappa shape index (κ3) is 3.00. The molecule has 3 heteroatoms. The zero-order valence-electron chi connectivity index (χ0n) is 11.0. The number of ether oxygens (including phenoxy) is 1. The van der Waals surface area contributed by atoms with E-state index in [0.717, 1.165) is 17.1 Å². The molecule has 0 unspecified atom stereocenters. The summed E-state index contributed by atoms with van der Waals surface area (Å²) in [6, 6.07) is 10.2. The van der Waals surface area contributed by atoms with E-state index >= 15 is 0 Å². The Bertz CT molecular complexity index is 521. The standard InChI is InChI=1S/C15H18N2O/c1-11-5-7-15(18-3)14(8-11)17-10-13-6-4-12(2)9-16-13/h4-9,17H,10H2,1-3H3. The van der Waals surface area contributed by atoms with Gasteiger partial charge in [-0.3, -0.25) is 4.98 Å². The van der Waals surface area contributed by atoms with Crippen molar-refractivity contribution in [2.24, 2.45) is 0 Å². The van der Waals surface area contributed by atoms with E-state index < -0.39 is 0 Å². The van der Waals surface area contributed by atoms with Crippen LogP contribution in [0.3, 0.4) is 0 Å². The second-order valence-electron chi connectivity index (χ2n) is 4.38. The molecular formula is C15H18N2O. The molecule has 1 heterocycles. The largest absolute Gasteiger partial charge is 0.495 e. The molecule has 0 saturated heterocycles. The van der Waals surface area contributed by atoms with E-state index in [0.29, 0.717) is 6.54 Å². The topological polar surface area (TPSA) is 34.1 Å². The van der Waals surface area contributed by atoms with Crippen LogP contribution < -0.4 is 10.1 Å². The number of hydrogen-bond donors (Lipinski definition) is 1. The molecule has 0 fully saturated rings. The SMILES string of the molecule is COc1ccc(C)cc1NCc1ccc(C)cn1. The molecule has 2 rings (SSSR count). The zero-order valence-corrected chi connectivity index (χ0v) is 11.0. The van der Waals surface area contributed by atoms with Crippen molar-refractivity contribution in [3.63, 3.8) is 0 Å². The fourth-order valence-corrected chi connectivity index (χ4v) is 1.75. The van der Waals surface area contributed by atoms with Crippen LogP contribution >= 0.6 is 0 Å². The molecule has 3 nitrogen and oxygen atoms in total. The maximum absolute atomic E-state index is 5.32. The highest BCUT2D eigenvalue weighted by atomic mass is 16.5. The average molecular weight is 242 g/mol. The third-order valence-corrected chi connectivity index (χ3v) is 2.79. The van der Waals surface area contributed by atoms with Crippen LogP contribution in [-0.2, 0) is 6.54 Å². The maximum atomic E-state index is 5.32. The first-order chi connectivity index (χ1) is 8.69. The van der Waals surface area contributed by atoms with Crippen molar-refractivity contribution in [3.8, 4) is 5.75 Å². The molecule has 18 heavy (non-hydrogen) atoms. The van der Waals surface area contributed by atoms with Crippen LogP contribution in [0.5, 0.6) is 5.75 Å². The van der Waals surface area contributed by atoms with Crippen LogP contribution in [0.15, 0.2) is 36.5 Å². The van der Waals surface area contributed by atoms with Gasteiger partial charge in [0.05, 0.1) is 25.0 Å². The molecule has 0 aliphatic carbocycles. The van der Waals surface area contributed by atoms with Crippen molar-refractivity contribution in [2.75, 3.05) is 12.4 Å². The Morgan fingerprint density at radius 3 is 2.56 bits per heavy atom. The maximum Gasteiger partial charge on any atom is 0.141 e. The Balaban J connectivity index is 2.09. The van der Waals surface area contributed by atoms with Gasteiger partial charge in [-0.1, -0.05) is 12.1 Å². The molecule has 0 atom stereocenters. The summed E-state index contributed by atoms with van der Waals surface area (Å²) in [4.78, 5) is 4.37. The number of aryl methyl sites for hydroxylation is 2. The molecule has 1 aromatic carbocycles. The Morgan fingerprint density at radius 2 is 1.89 bits per heavy atom. The van der Waals surface area contributed by atoms with Gasteiger partial charge in [-0.15, -0.1) is 0 Å². The number of methoxy groups -OCH3 is 1. The van der Waals surface area contributed by atoms with Gasteiger partial charge in [0.15, 0.2) is 0 Å². The predicted molar refractivity (Wildman–Crippen MR) is 74.0 cm³/mol. The van der Waals surface area contributed by atoms with Gasteiger partial charge in [0.1, 0.15) is 5.75 Å². The molecule has 0 saturated carbocycles. The van der Waals surface area contributed by atoms with E-state index in [9.17, 15) is 0 Å². The van der Waals surface area contributed by atoms with Crippen molar-refractivity contribution in [1.29, 1.82) is 0 Å². The van der Waals surface area contributed by atoms with Crippen LogP contribution in [0, 0.1) is 13.8 Å². The molecule has 1 N–H and O–H groups in total. The van der Waals surface area contributed by atoms with E-state index in [2.05, 4.69) is 29.4 Å². The zero-order chi connectivity index (χ0) is 13.0. The first kappa shape index (κ1) is 12.4. The Morgan fingerprint density at radius 1 is 1.11 bits per heavy atom. The Kier molecular flexibility index (Phi) is 3.82. The molecule has 0 bridgehead atoms. The lowest BCUT2D eigenvalue weighted by Crippen LogP contribution is -2.03. The highest BCUT2D eigenvalue weighted by molar-refractivity contribution is 5.58. The summed E-state index contributed by atoms with van der Waals surface area (Å²) >= 11 is 0. The number of nitrogens with zero attached hydrogens (tertiary/aromatic N) is 1. The summed E-state index contributed by atoms with van der Waals surface area (Å²) < 4.78 is 5.32. The second kappa shape index (κ2) is 5.54. The van der Waals surface area contributed by atoms with Gasteiger partial charge in [-0.2, -0.15) is 0 Å². The molecule has 0 aliphatic rings. The van der Waals surface area contributed by atoms with Gasteiger partial charge in [-0.25, -0.2) is 0 Å². The van der Waals surface area contributed by atoms with Gasteiger partial charge in [0.25, 0.3) is 0 Å². The van der Waals surface area contributed by atoms with Gasteiger partial charge in [0.2, 0.25) is 0 Å². The fourth-order valence-electron chi connectivity index (χ4n) is 1.75. The number of aromatic nitrogens is 1. The number of rotatable bonds is 4. The van der Waals surface area contributed by atoms with Gasteiger partial charge in [0, 0.05) is 6.20 Å². The monoisotopic (exact) mass is 242 g/mol. The van der Waals surface area contributed by atoms with E-state index in [-0.39, 0.29) is 0 Å². The van der Waals surface area contributed by atoms with E-state index in [1.165, 1.54) is 11.1 Å². The second-order valence-corrected chi connectivity index (χ2v) is 4.38. The van der Waals surface area contributed by atoms with Crippen molar-refractivity contribution < 1.29 is 4.74 Å². The van der Waals surface area contributed by atoms with Crippen LogP contribution in [0.2, 0.25) is 0 Å². The lowest BCUT2D eigenvalue weighted by molar-refractivity contribution is 0.416. The highest BCUT2D eigenvalue weighted by Crippen LogP contribution is 2.25. The number of pyridine rings is 1. The highest BCUT2D eigenvalue weighted by Gasteiger charge is 2.03. The lowest BCUT2D eigenvalue weighted by Gasteiger charge is -2.11. The fraction of sp³-hybridized carbons (Fsp3) is 0.267. The van der Waals surface area contributed by atoms with E-state index in [1.807, 2.05) is 31.3 Å². The predicted octanol–water partition coefficient (Wildman–Crippen LogP) is 3.32. The van der Waals surface area contributed by atoms with Crippen molar-refractivity contribution >= 4 is 5.69 Å². The van der Waals surface area contributed by atoms with Crippen molar-refractivity contribution in [1.82, 2.24) is 4.98 Å². The molecule has 1 aromatic heterocycles. The molecular weight excluding hydrogens is 224 g/mol. The smallest absolute Gasteiger partial charge is 0.141 e. The summed E-state index contributed by atoms with van der Waals surface area (Å²) in [5.74, 6) is 0.854. The van der Waals surface area contributed by atoms with Crippen LogP contribution in [0.4, 0.5) is 5.69 Å². The van der Waals surface area contributed by atoms with Crippen LogP contribution in [0.25, 0.3) is 0 Å². The van der Waals surface area contributed by atoms with E-state index in [1.54, 1.807) is 7.11 Å². The number of anilines is 1. The molecule has 0 aliphatic heterocycles. The molecule has 94 valence electrons. The third-order valence-electron chi connectivity index (χ3n) is 2.79. The first-order valence-electron chi connectivity index (χ1n) is 5.99. The molecule has 0 radical (unpaired) electrons. The Labute approximate surface area is 108 Å². The van der Waals surface area contributed by atoms with E-state index in [4.69, 9.17) is 4.74 Å². The molecule has 0 amide bonds. The number of nitrogens with one attached hydrogen (secondary N) is 1. The minimum atomic E-state index is 0.695. The molecule has 2 aromatic rings. The van der Waals surface area contributed by atoms with Gasteiger partial charge >= 0.3 is 0 Å². The summed E-state index contributed by atoms with van der Waals surface area (Å²) in [6.45, 7) is 4.79. The summed E-state index contributed by atoms with van der Waals surface area (Å²) in [5, 5.41) is 3.35. The number of benzene rings is 1. The van der Waals surface area contributed by atoms with Crippen molar-refractivity contribution in [2.45, 2.75) is 20.4 Å². The minimum Gasteiger partial charge on any atom is -0.495 e. The van der Waals surface area contributed by atoms with Gasteiger partial charge in [-0.05, 0) is 43.2 Å². The quantitative estimate of drug-likeness (QED) is 0.893. The Hall–Kier alpha value is -2.03. The van der Waals surface area contributed by atoms with Crippen LogP contribution in [-0.4, -0.2) is 12.1 Å². The first-order valence-corrected chi connectivity index (χ1v) is 5.99. The summed E-state index contributed by atoms with van der Waals surface area (Å²) in [6.07, 6.45) is 1.88. The number of hydrogen-bond acceptors (Lipinski definition) is 3. The summed E-state index contributed by atoms with van der Waals surface area (Å²) in [7, 11) is 1.68. The van der Waals surface area contributed by atoms with Gasteiger partial charge < -0.3 is 10.1 Å². The summed E-state index contributed by atoms with van der Waals surface area (Å²) in [5.41, 5.74) is 4.39. The minimum absolute atomic E-state index is 0.695. The molecule has 0 spiro atoms.